The largest absolute Gasteiger partial charge is 0.364 e. The maximum absolute atomic E-state index is 11.4. The van der Waals surface area contributed by atoms with Gasteiger partial charge in [0.15, 0.2) is 0 Å². The lowest BCUT2D eigenvalue weighted by molar-refractivity contribution is -0.127. The van der Waals surface area contributed by atoms with Gasteiger partial charge in [0.05, 0.1) is 0 Å². The SMILES string of the molecule is CC(CN1CCCC1=O)NCc1ccc[nH]1. The summed E-state index contributed by atoms with van der Waals surface area (Å²) in [6.45, 7) is 4.69. The minimum Gasteiger partial charge on any atom is -0.364 e. The van der Waals surface area contributed by atoms with Crippen molar-refractivity contribution < 1.29 is 4.79 Å². The minimum absolute atomic E-state index is 0.300. The number of carbonyl (C=O) groups excluding carboxylic acids is 1. The Morgan fingerprint density at radius 3 is 3.12 bits per heavy atom. The van der Waals surface area contributed by atoms with Gasteiger partial charge in [0.25, 0.3) is 0 Å². The predicted octanol–water partition coefficient (Wildman–Crippen LogP) is 1.12. The summed E-state index contributed by atoms with van der Waals surface area (Å²) in [5, 5.41) is 3.41. The first-order chi connectivity index (χ1) is 7.75. The molecule has 1 aromatic heterocycles. The molecule has 1 saturated heterocycles. The third-order valence-electron chi connectivity index (χ3n) is 2.97. The average molecular weight is 221 g/mol. The Kier molecular flexibility index (Phi) is 3.62. The highest BCUT2D eigenvalue weighted by molar-refractivity contribution is 5.78. The van der Waals surface area contributed by atoms with Crippen LogP contribution in [-0.4, -0.2) is 34.9 Å². The Bertz CT molecular complexity index is 334. The van der Waals surface area contributed by atoms with Crippen LogP contribution in [0.3, 0.4) is 0 Å². The second-order valence-corrected chi connectivity index (χ2v) is 4.42. The van der Waals surface area contributed by atoms with Gasteiger partial charge in [-0.1, -0.05) is 0 Å². The molecule has 16 heavy (non-hydrogen) atoms. The van der Waals surface area contributed by atoms with Gasteiger partial charge < -0.3 is 15.2 Å². The van der Waals surface area contributed by atoms with Crippen molar-refractivity contribution in [3.05, 3.63) is 24.0 Å². The highest BCUT2D eigenvalue weighted by Crippen LogP contribution is 2.09. The van der Waals surface area contributed by atoms with E-state index in [2.05, 4.69) is 23.3 Å². The van der Waals surface area contributed by atoms with E-state index in [4.69, 9.17) is 0 Å². The lowest BCUT2D eigenvalue weighted by Crippen LogP contribution is -2.39. The molecule has 1 aliphatic rings. The fourth-order valence-electron chi connectivity index (χ4n) is 2.05. The number of hydrogen-bond donors (Lipinski definition) is 2. The van der Waals surface area contributed by atoms with Crippen LogP contribution in [0.5, 0.6) is 0 Å². The van der Waals surface area contributed by atoms with Gasteiger partial charge >= 0.3 is 0 Å². The molecule has 2 N–H and O–H groups in total. The number of nitrogens with zero attached hydrogens (tertiary/aromatic N) is 1. The van der Waals surface area contributed by atoms with Crippen molar-refractivity contribution in [2.45, 2.75) is 32.4 Å². The summed E-state index contributed by atoms with van der Waals surface area (Å²) in [7, 11) is 0. The van der Waals surface area contributed by atoms with E-state index in [1.807, 2.05) is 17.2 Å². The Morgan fingerprint density at radius 1 is 1.62 bits per heavy atom. The summed E-state index contributed by atoms with van der Waals surface area (Å²) >= 11 is 0. The molecule has 0 radical (unpaired) electrons. The molecule has 1 atom stereocenters. The molecule has 0 aliphatic carbocycles. The fourth-order valence-corrected chi connectivity index (χ4v) is 2.05. The van der Waals surface area contributed by atoms with E-state index in [0.717, 1.165) is 32.5 Å². The molecule has 1 amide bonds. The lowest BCUT2D eigenvalue weighted by atomic mass is 10.3. The average Bonchev–Trinajstić information content (AvgIpc) is 2.88. The van der Waals surface area contributed by atoms with E-state index in [0.29, 0.717) is 11.9 Å². The van der Waals surface area contributed by atoms with Crippen molar-refractivity contribution in [1.29, 1.82) is 0 Å². The van der Waals surface area contributed by atoms with Crippen LogP contribution in [0, 0.1) is 0 Å². The van der Waals surface area contributed by atoms with Gasteiger partial charge in [-0.25, -0.2) is 0 Å². The fraction of sp³-hybridized carbons (Fsp3) is 0.583. The van der Waals surface area contributed by atoms with Crippen molar-refractivity contribution in [2.75, 3.05) is 13.1 Å². The molecule has 4 heteroatoms. The molecular formula is C12H19N3O. The van der Waals surface area contributed by atoms with E-state index in [1.165, 1.54) is 5.69 Å². The number of hydrogen-bond acceptors (Lipinski definition) is 2. The third kappa shape index (κ3) is 2.85. The van der Waals surface area contributed by atoms with Crippen molar-refractivity contribution in [2.24, 2.45) is 0 Å². The quantitative estimate of drug-likeness (QED) is 0.782. The predicted molar refractivity (Wildman–Crippen MR) is 62.9 cm³/mol. The summed E-state index contributed by atoms with van der Waals surface area (Å²) in [5.74, 6) is 0.300. The molecule has 1 aliphatic heterocycles. The summed E-state index contributed by atoms with van der Waals surface area (Å²) < 4.78 is 0. The van der Waals surface area contributed by atoms with E-state index in [-0.39, 0.29) is 0 Å². The van der Waals surface area contributed by atoms with Gasteiger partial charge in [0, 0.05) is 44.0 Å². The Hall–Kier alpha value is -1.29. The molecule has 1 unspecified atom stereocenters. The van der Waals surface area contributed by atoms with E-state index >= 15 is 0 Å². The standard InChI is InChI=1S/C12H19N3O/c1-10(9-15-7-3-5-12(15)16)14-8-11-4-2-6-13-11/h2,4,6,10,13-14H,3,5,7-9H2,1H3. The van der Waals surface area contributed by atoms with Crippen molar-refractivity contribution >= 4 is 5.91 Å². The van der Waals surface area contributed by atoms with Crippen LogP contribution in [0.1, 0.15) is 25.5 Å². The number of H-pyrrole nitrogens is 1. The van der Waals surface area contributed by atoms with Crippen LogP contribution < -0.4 is 5.32 Å². The first-order valence-electron chi connectivity index (χ1n) is 5.89. The molecular weight excluding hydrogens is 202 g/mol. The summed E-state index contributed by atoms with van der Waals surface area (Å²) in [4.78, 5) is 16.5. The van der Waals surface area contributed by atoms with Gasteiger partial charge in [-0.3, -0.25) is 4.79 Å². The minimum atomic E-state index is 0.300. The number of aromatic nitrogens is 1. The highest BCUT2D eigenvalue weighted by Gasteiger charge is 2.21. The van der Waals surface area contributed by atoms with Crippen LogP contribution in [0.2, 0.25) is 0 Å². The van der Waals surface area contributed by atoms with Gasteiger partial charge in [0.2, 0.25) is 5.91 Å². The highest BCUT2D eigenvalue weighted by atomic mass is 16.2. The number of amides is 1. The molecule has 1 aromatic rings. The topological polar surface area (TPSA) is 48.1 Å². The number of nitrogens with one attached hydrogen (secondary N) is 2. The zero-order valence-electron chi connectivity index (χ0n) is 9.70. The molecule has 2 rings (SSSR count). The van der Waals surface area contributed by atoms with Gasteiger partial charge in [-0.05, 0) is 25.5 Å². The second-order valence-electron chi connectivity index (χ2n) is 4.42. The van der Waals surface area contributed by atoms with E-state index in [1.54, 1.807) is 0 Å². The lowest BCUT2D eigenvalue weighted by Gasteiger charge is -2.21. The first kappa shape index (κ1) is 11.2. The van der Waals surface area contributed by atoms with Gasteiger partial charge in [-0.2, -0.15) is 0 Å². The summed E-state index contributed by atoms with van der Waals surface area (Å²) in [5.41, 5.74) is 1.18. The van der Waals surface area contributed by atoms with E-state index in [9.17, 15) is 4.79 Å². The monoisotopic (exact) mass is 221 g/mol. The van der Waals surface area contributed by atoms with Crippen LogP contribution in [0.25, 0.3) is 0 Å². The molecule has 1 fully saturated rings. The zero-order valence-corrected chi connectivity index (χ0v) is 9.70. The van der Waals surface area contributed by atoms with E-state index < -0.39 is 0 Å². The molecule has 4 nitrogen and oxygen atoms in total. The van der Waals surface area contributed by atoms with Crippen LogP contribution in [-0.2, 0) is 11.3 Å². The molecule has 0 saturated carbocycles. The van der Waals surface area contributed by atoms with Crippen LogP contribution >= 0.6 is 0 Å². The first-order valence-corrected chi connectivity index (χ1v) is 5.89. The molecule has 0 bridgehead atoms. The van der Waals surface area contributed by atoms with Crippen LogP contribution in [0.4, 0.5) is 0 Å². The molecule has 2 heterocycles. The maximum atomic E-state index is 11.4. The summed E-state index contributed by atoms with van der Waals surface area (Å²) in [6, 6.07) is 4.39. The number of likely N-dealkylation sites (tertiary alicyclic amines) is 1. The number of carbonyl (C=O) groups is 1. The smallest absolute Gasteiger partial charge is 0.222 e. The Balaban J connectivity index is 1.72. The van der Waals surface area contributed by atoms with Crippen molar-refractivity contribution in [3.63, 3.8) is 0 Å². The number of aromatic amines is 1. The number of rotatable bonds is 5. The zero-order chi connectivity index (χ0) is 11.4. The molecule has 0 aromatic carbocycles. The maximum Gasteiger partial charge on any atom is 0.222 e. The Morgan fingerprint density at radius 2 is 2.50 bits per heavy atom. The normalized spacial score (nSPS) is 18.1. The molecule has 0 spiro atoms. The molecule has 88 valence electrons. The van der Waals surface area contributed by atoms with Crippen molar-refractivity contribution in [3.8, 4) is 0 Å². The van der Waals surface area contributed by atoms with Gasteiger partial charge in [-0.15, -0.1) is 0 Å². The van der Waals surface area contributed by atoms with Crippen molar-refractivity contribution in [1.82, 2.24) is 15.2 Å². The second kappa shape index (κ2) is 5.16. The summed E-state index contributed by atoms with van der Waals surface area (Å²) in [6.07, 6.45) is 3.66. The Labute approximate surface area is 96.0 Å². The third-order valence-corrected chi connectivity index (χ3v) is 2.97. The van der Waals surface area contributed by atoms with Crippen LogP contribution in [0.15, 0.2) is 18.3 Å². The van der Waals surface area contributed by atoms with Gasteiger partial charge in [0.1, 0.15) is 0 Å².